The first-order chi connectivity index (χ1) is 14.6. The summed E-state index contributed by atoms with van der Waals surface area (Å²) < 4.78 is 24.3. The van der Waals surface area contributed by atoms with Crippen LogP contribution in [-0.2, 0) is 20.0 Å². The molecule has 2 unspecified atom stereocenters. The molecule has 0 bridgehead atoms. The maximum atomic E-state index is 12.5. The van der Waals surface area contributed by atoms with Crippen LogP contribution in [0.25, 0.3) is 11.1 Å². The number of sulfone groups is 1. The van der Waals surface area contributed by atoms with Gasteiger partial charge < -0.3 is 11.5 Å². The molecule has 3 aromatic carbocycles. The standard InChI is InChI=1S/C24H23N3O3S/c1-31(29,30)21-8-3-2-7-19(21)15-9-11-18(12-10-15)24(23(27)28)14-20(24)16-5-4-6-17(13-16)22(25)26/h2-13,20H,14H2,1H3,(H3,25,26)(H2,27,28). The van der Waals surface area contributed by atoms with Crippen molar-refractivity contribution in [2.45, 2.75) is 22.6 Å². The molecule has 31 heavy (non-hydrogen) atoms. The van der Waals surface area contributed by atoms with Crippen LogP contribution in [-0.4, -0.2) is 26.4 Å². The lowest BCUT2D eigenvalue weighted by molar-refractivity contribution is -0.120. The molecule has 0 aliphatic heterocycles. The van der Waals surface area contributed by atoms with Gasteiger partial charge in [0.05, 0.1) is 10.3 Å². The number of nitrogens with one attached hydrogen (secondary N) is 1. The number of primary amides is 1. The van der Waals surface area contributed by atoms with Crippen LogP contribution >= 0.6 is 0 Å². The fourth-order valence-electron chi connectivity index (χ4n) is 4.30. The molecule has 0 saturated heterocycles. The van der Waals surface area contributed by atoms with E-state index in [-0.39, 0.29) is 16.6 Å². The van der Waals surface area contributed by atoms with Crippen LogP contribution in [0.15, 0.2) is 77.7 Å². The number of nitrogen functional groups attached to an aromatic ring is 1. The van der Waals surface area contributed by atoms with E-state index in [0.717, 1.165) is 16.7 Å². The van der Waals surface area contributed by atoms with Gasteiger partial charge in [0.2, 0.25) is 5.91 Å². The second-order valence-corrected chi connectivity index (χ2v) is 9.96. The lowest BCUT2D eigenvalue weighted by Gasteiger charge is -2.16. The lowest BCUT2D eigenvalue weighted by Crippen LogP contribution is -2.30. The lowest BCUT2D eigenvalue weighted by atomic mass is 9.88. The number of carbonyl (C=O) groups excluding carboxylic acids is 1. The Labute approximate surface area is 181 Å². The molecule has 158 valence electrons. The number of hydrogen-bond donors (Lipinski definition) is 3. The van der Waals surface area contributed by atoms with Crippen molar-refractivity contribution < 1.29 is 13.2 Å². The minimum absolute atomic E-state index is 0.0268. The van der Waals surface area contributed by atoms with Crippen molar-refractivity contribution in [2.75, 3.05) is 6.26 Å². The predicted octanol–water partition coefficient (Wildman–Crippen LogP) is 2.95. The first-order valence-electron chi connectivity index (χ1n) is 9.79. The highest BCUT2D eigenvalue weighted by atomic mass is 32.2. The monoisotopic (exact) mass is 433 g/mol. The molecule has 1 fully saturated rings. The number of rotatable bonds is 6. The van der Waals surface area contributed by atoms with Crippen LogP contribution < -0.4 is 11.5 Å². The second-order valence-electron chi connectivity index (χ2n) is 7.98. The van der Waals surface area contributed by atoms with Crippen LogP contribution in [0.1, 0.15) is 29.0 Å². The van der Waals surface area contributed by atoms with Gasteiger partial charge in [0.25, 0.3) is 0 Å². The number of amides is 1. The molecule has 0 spiro atoms. The van der Waals surface area contributed by atoms with Gasteiger partial charge in [-0.2, -0.15) is 0 Å². The number of carbonyl (C=O) groups is 1. The minimum Gasteiger partial charge on any atom is -0.384 e. The van der Waals surface area contributed by atoms with Crippen molar-refractivity contribution in [3.05, 3.63) is 89.5 Å². The highest BCUT2D eigenvalue weighted by Gasteiger charge is 2.60. The van der Waals surface area contributed by atoms with E-state index >= 15 is 0 Å². The van der Waals surface area contributed by atoms with Gasteiger partial charge in [-0.3, -0.25) is 10.2 Å². The maximum absolute atomic E-state index is 12.5. The van der Waals surface area contributed by atoms with Gasteiger partial charge >= 0.3 is 0 Å². The highest BCUT2D eigenvalue weighted by molar-refractivity contribution is 7.90. The van der Waals surface area contributed by atoms with E-state index in [1.807, 2.05) is 42.5 Å². The first kappa shape index (κ1) is 20.8. The predicted molar refractivity (Wildman–Crippen MR) is 121 cm³/mol. The average Bonchev–Trinajstić information content (AvgIpc) is 3.51. The maximum Gasteiger partial charge on any atom is 0.228 e. The van der Waals surface area contributed by atoms with E-state index in [2.05, 4.69) is 0 Å². The van der Waals surface area contributed by atoms with Crippen LogP contribution in [0.5, 0.6) is 0 Å². The Bertz CT molecular complexity index is 1300. The zero-order valence-electron chi connectivity index (χ0n) is 17.0. The van der Waals surface area contributed by atoms with E-state index in [1.54, 1.807) is 30.3 Å². The normalized spacial score (nSPS) is 20.2. The molecule has 1 saturated carbocycles. The molecule has 1 aliphatic carbocycles. The molecule has 0 radical (unpaired) electrons. The second kappa shape index (κ2) is 7.35. The third-order valence-electron chi connectivity index (χ3n) is 6.00. The highest BCUT2D eigenvalue weighted by Crippen LogP contribution is 2.60. The van der Waals surface area contributed by atoms with Gasteiger partial charge in [-0.05, 0) is 35.2 Å². The summed E-state index contributed by atoms with van der Waals surface area (Å²) in [5.41, 5.74) is 14.3. The van der Waals surface area contributed by atoms with Gasteiger partial charge in [-0.25, -0.2) is 8.42 Å². The molecular weight excluding hydrogens is 410 g/mol. The number of hydrogen-bond acceptors (Lipinski definition) is 4. The van der Waals surface area contributed by atoms with Crippen molar-refractivity contribution in [3.8, 4) is 11.1 Å². The largest absolute Gasteiger partial charge is 0.384 e. The van der Waals surface area contributed by atoms with Gasteiger partial charge in [0.1, 0.15) is 5.84 Å². The topological polar surface area (TPSA) is 127 Å². The SMILES string of the molecule is CS(=O)(=O)c1ccccc1-c1ccc(C2(C(N)=O)CC2c2cccc(C(=N)N)c2)cc1. The third-order valence-corrected chi connectivity index (χ3v) is 7.15. The Morgan fingerprint density at radius 3 is 2.29 bits per heavy atom. The average molecular weight is 434 g/mol. The molecule has 0 aromatic heterocycles. The van der Waals surface area contributed by atoms with E-state index in [4.69, 9.17) is 16.9 Å². The van der Waals surface area contributed by atoms with E-state index in [9.17, 15) is 13.2 Å². The summed E-state index contributed by atoms with van der Waals surface area (Å²) in [5, 5.41) is 7.65. The van der Waals surface area contributed by atoms with Gasteiger partial charge in [-0.1, -0.05) is 60.7 Å². The summed E-state index contributed by atoms with van der Waals surface area (Å²) in [6, 6.07) is 21.5. The van der Waals surface area contributed by atoms with E-state index in [0.29, 0.717) is 17.5 Å². The first-order valence-corrected chi connectivity index (χ1v) is 11.7. The quantitative estimate of drug-likeness (QED) is 0.408. The Kier molecular flexibility index (Phi) is 4.94. The van der Waals surface area contributed by atoms with Crippen molar-refractivity contribution in [3.63, 3.8) is 0 Å². The Hall–Kier alpha value is -3.45. The number of amidine groups is 1. The van der Waals surface area contributed by atoms with E-state index in [1.165, 1.54) is 6.26 Å². The Balaban J connectivity index is 1.71. The Morgan fingerprint density at radius 1 is 1.00 bits per heavy atom. The molecule has 3 aromatic rings. The van der Waals surface area contributed by atoms with Gasteiger partial charge in [-0.15, -0.1) is 0 Å². The smallest absolute Gasteiger partial charge is 0.228 e. The summed E-state index contributed by atoms with van der Waals surface area (Å²) in [5.74, 6) is -0.533. The fourth-order valence-corrected chi connectivity index (χ4v) is 5.21. The molecule has 0 heterocycles. The van der Waals surface area contributed by atoms with Gasteiger partial charge in [0.15, 0.2) is 9.84 Å². The molecule has 4 rings (SSSR count). The van der Waals surface area contributed by atoms with Crippen LogP contribution in [0.3, 0.4) is 0 Å². The third kappa shape index (κ3) is 3.61. The molecule has 7 heteroatoms. The van der Waals surface area contributed by atoms with Crippen molar-refractivity contribution in [1.29, 1.82) is 5.41 Å². The molecule has 1 amide bonds. The zero-order valence-corrected chi connectivity index (χ0v) is 17.8. The van der Waals surface area contributed by atoms with Crippen molar-refractivity contribution >= 4 is 21.6 Å². The van der Waals surface area contributed by atoms with Crippen molar-refractivity contribution in [2.24, 2.45) is 11.5 Å². The van der Waals surface area contributed by atoms with Gasteiger partial charge in [0, 0.05) is 23.3 Å². The number of benzene rings is 3. The summed E-state index contributed by atoms with van der Waals surface area (Å²) in [6.45, 7) is 0. The summed E-state index contributed by atoms with van der Waals surface area (Å²) in [4.78, 5) is 12.8. The fraction of sp³-hybridized carbons (Fsp3) is 0.167. The number of nitrogens with two attached hydrogens (primary N) is 2. The molecule has 2 atom stereocenters. The molecule has 5 N–H and O–H groups in total. The van der Waals surface area contributed by atoms with E-state index < -0.39 is 21.2 Å². The molecular formula is C24H23N3O3S. The minimum atomic E-state index is -3.38. The summed E-state index contributed by atoms with van der Waals surface area (Å²) in [7, 11) is -3.38. The van der Waals surface area contributed by atoms with Crippen molar-refractivity contribution in [1.82, 2.24) is 0 Å². The summed E-state index contributed by atoms with van der Waals surface area (Å²) in [6.07, 6.45) is 1.76. The molecule has 6 nitrogen and oxygen atoms in total. The van der Waals surface area contributed by atoms with Crippen LogP contribution in [0, 0.1) is 5.41 Å². The molecule has 1 aliphatic rings. The Morgan fingerprint density at radius 2 is 1.68 bits per heavy atom. The van der Waals surface area contributed by atoms with Crippen LogP contribution in [0.4, 0.5) is 0 Å². The zero-order chi connectivity index (χ0) is 22.4. The van der Waals surface area contributed by atoms with Crippen LogP contribution in [0.2, 0.25) is 0 Å². The summed E-state index contributed by atoms with van der Waals surface area (Å²) >= 11 is 0.